The highest BCUT2D eigenvalue weighted by Crippen LogP contribution is 2.35. The van der Waals surface area contributed by atoms with Crippen LogP contribution in [-0.4, -0.2) is 19.9 Å². The molecule has 1 unspecified atom stereocenters. The van der Waals surface area contributed by atoms with E-state index in [0.29, 0.717) is 13.1 Å². The number of para-hydroxylation sites is 2. The fraction of sp³-hybridized carbons (Fsp3) is 0.280. The van der Waals surface area contributed by atoms with Gasteiger partial charge in [-0.15, -0.1) is 0 Å². The van der Waals surface area contributed by atoms with Crippen LogP contribution < -0.4 is 11.5 Å². The number of hydrogen-bond donors (Lipinski definition) is 3. The highest BCUT2D eigenvalue weighted by atomic mass is 15.2. The minimum Gasteiger partial charge on any atom is -0.398 e. The monoisotopic (exact) mass is 412 g/mol. The molecular formula is C25H28N6. The van der Waals surface area contributed by atoms with Gasteiger partial charge in [0.05, 0.1) is 29.3 Å². The Kier molecular flexibility index (Phi) is 5.40. The standard InChI is InChI=1S/C25H28N6/c26-14-17-10-11-19(20(27)13-17)15-31(16-24-29-21-7-1-2-8-22(21)30-24)23-9-3-5-18-6-4-12-28-25(18)23/h1-2,4,6-8,10-13,23H,3,5,9,14-16,26-27H2,(H,29,30). The number of nitrogens with zero attached hydrogens (tertiary/aromatic N) is 3. The van der Waals surface area contributed by atoms with Gasteiger partial charge in [0.15, 0.2) is 0 Å². The van der Waals surface area contributed by atoms with Gasteiger partial charge in [-0.1, -0.05) is 30.3 Å². The van der Waals surface area contributed by atoms with E-state index in [2.05, 4.69) is 34.1 Å². The first-order chi connectivity index (χ1) is 15.2. The van der Waals surface area contributed by atoms with Gasteiger partial charge in [0.2, 0.25) is 0 Å². The molecule has 2 aromatic heterocycles. The van der Waals surface area contributed by atoms with Crippen LogP contribution in [0.4, 0.5) is 5.69 Å². The van der Waals surface area contributed by atoms with E-state index in [1.54, 1.807) is 0 Å². The smallest absolute Gasteiger partial charge is 0.121 e. The largest absolute Gasteiger partial charge is 0.398 e. The maximum absolute atomic E-state index is 6.40. The number of fused-ring (bicyclic) bond motifs is 2. The molecule has 0 bridgehead atoms. The number of aromatic nitrogens is 3. The molecule has 31 heavy (non-hydrogen) atoms. The third-order valence-electron chi connectivity index (χ3n) is 6.22. The lowest BCUT2D eigenvalue weighted by Crippen LogP contribution is -2.32. The van der Waals surface area contributed by atoms with Gasteiger partial charge < -0.3 is 16.5 Å². The van der Waals surface area contributed by atoms with Gasteiger partial charge in [0.25, 0.3) is 0 Å². The summed E-state index contributed by atoms with van der Waals surface area (Å²) in [7, 11) is 0. The highest BCUT2D eigenvalue weighted by Gasteiger charge is 2.28. The Morgan fingerprint density at radius 1 is 1.06 bits per heavy atom. The summed E-state index contributed by atoms with van der Waals surface area (Å²) in [5, 5.41) is 0. The van der Waals surface area contributed by atoms with Crippen LogP contribution in [0.25, 0.3) is 11.0 Å². The van der Waals surface area contributed by atoms with E-state index in [0.717, 1.165) is 59.5 Å². The first-order valence-corrected chi connectivity index (χ1v) is 10.9. The maximum Gasteiger partial charge on any atom is 0.121 e. The predicted molar refractivity (Wildman–Crippen MR) is 124 cm³/mol. The first kappa shape index (κ1) is 19.7. The average Bonchev–Trinajstić information content (AvgIpc) is 3.22. The summed E-state index contributed by atoms with van der Waals surface area (Å²) in [6, 6.07) is 18.8. The Balaban J connectivity index is 1.51. The average molecular weight is 413 g/mol. The van der Waals surface area contributed by atoms with Crippen molar-refractivity contribution in [2.45, 2.75) is 44.9 Å². The minimum atomic E-state index is 0.228. The van der Waals surface area contributed by atoms with E-state index in [1.807, 2.05) is 36.5 Å². The van der Waals surface area contributed by atoms with Crippen LogP contribution in [0, 0.1) is 0 Å². The lowest BCUT2D eigenvalue weighted by Gasteiger charge is -2.35. The molecule has 2 heterocycles. The topological polar surface area (TPSA) is 96.8 Å². The highest BCUT2D eigenvalue weighted by molar-refractivity contribution is 5.74. The van der Waals surface area contributed by atoms with Crippen molar-refractivity contribution in [3.63, 3.8) is 0 Å². The summed E-state index contributed by atoms with van der Waals surface area (Å²) in [5.41, 5.74) is 19.7. The van der Waals surface area contributed by atoms with Gasteiger partial charge in [0.1, 0.15) is 5.82 Å². The second-order valence-electron chi connectivity index (χ2n) is 8.30. The molecule has 4 aromatic rings. The molecule has 0 radical (unpaired) electrons. The summed E-state index contributed by atoms with van der Waals surface area (Å²) in [4.78, 5) is 15.5. The van der Waals surface area contributed by atoms with E-state index in [1.165, 1.54) is 11.3 Å². The molecule has 0 saturated heterocycles. The normalized spacial score (nSPS) is 16.0. The molecule has 1 atom stereocenters. The van der Waals surface area contributed by atoms with Gasteiger partial charge in [-0.3, -0.25) is 9.88 Å². The molecule has 158 valence electrons. The van der Waals surface area contributed by atoms with Crippen LogP contribution >= 0.6 is 0 Å². The third-order valence-corrected chi connectivity index (χ3v) is 6.22. The molecule has 5 rings (SSSR count). The summed E-state index contributed by atoms with van der Waals surface area (Å²) < 4.78 is 0. The van der Waals surface area contributed by atoms with Gasteiger partial charge >= 0.3 is 0 Å². The summed E-state index contributed by atoms with van der Waals surface area (Å²) in [6.45, 7) is 1.93. The van der Waals surface area contributed by atoms with Crippen molar-refractivity contribution < 1.29 is 0 Å². The number of hydrogen-bond acceptors (Lipinski definition) is 5. The molecule has 6 nitrogen and oxygen atoms in total. The number of pyridine rings is 1. The molecule has 0 saturated carbocycles. The number of nitrogens with one attached hydrogen (secondary N) is 1. The molecule has 1 aliphatic rings. The molecule has 0 amide bonds. The molecular weight excluding hydrogens is 384 g/mol. The zero-order valence-corrected chi connectivity index (χ0v) is 17.6. The van der Waals surface area contributed by atoms with E-state index >= 15 is 0 Å². The Morgan fingerprint density at radius 3 is 2.81 bits per heavy atom. The molecule has 6 heteroatoms. The quantitative estimate of drug-likeness (QED) is 0.415. The molecule has 0 aliphatic heterocycles. The van der Waals surface area contributed by atoms with Crippen molar-refractivity contribution in [3.05, 3.63) is 89.0 Å². The van der Waals surface area contributed by atoms with Crippen LogP contribution in [0.1, 0.15) is 47.1 Å². The van der Waals surface area contributed by atoms with Crippen molar-refractivity contribution in [2.24, 2.45) is 5.73 Å². The van der Waals surface area contributed by atoms with E-state index in [-0.39, 0.29) is 6.04 Å². The van der Waals surface area contributed by atoms with Crippen molar-refractivity contribution >= 4 is 16.7 Å². The second kappa shape index (κ2) is 8.49. The van der Waals surface area contributed by atoms with Crippen molar-refractivity contribution in [1.82, 2.24) is 19.9 Å². The number of aromatic amines is 1. The molecule has 1 aliphatic carbocycles. The second-order valence-corrected chi connectivity index (χ2v) is 8.30. The summed E-state index contributed by atoms with van der Waals surface area (Å²) in [6.07, 6.45) is 5.22. The number of benzene rings is 2. The molecule has 0 spiro atoms. The first-order valence-electron chi connectivity index (χ1n) is 10.9. The predicted octanol–water partition coefficient (Wildman–Crippen LogP) is 4.08. The maximum atomic E-state index is 6.40. The van der Waals surface area contributed by atoms with Gasteiger partial charge in [0, 0.05) is 25.0 Å². The van der Waals surface area contributed by atoms with Gasteiger partial charge in [-0.2, -0.15) is 0 Å². The summed E-state index contributed by atoms with van der Waals surface area (Å²) >= 11 is 0. The number of imidazole rings is 1. The van der Waals surface area contributed by atoms with Gasteiger partial charge in [-0.25, -0.2) is 4.98 Å². The van der Waals surface area contributed by atoms with Crippen LogP contribution in [0.15, 0.2) is 60.8 Å². The zero-order valence-electron chi connectivity index (χ0n) is 17.6. The number of aryl methyl sites for hydroxylation is 1. The Hall–Kier alpha value is -3.22. The SMILES string of the molecule is NCc1ccc(CN(Cc2nc3ccccc3[nH]2)C2CCCc3cccnc32)c(N)c1. The van der Waals surface area contributed by atoms with Crippen LogP contribution in [0.3, 0.4) is 0 Å². The molecule has 0 fully saturated rings. The number of nitrogen functional groups attached to an aromatic ring is 1. The number of nitrogens with two attached hydrogens (primary N) is 2. The lowest BCUT2D eigenvalue weighted by atomic mass is 9.90. The van der Waals surface area contributed by atoms with Crippen molar-refractivity contribution in [2.75, 3.05) is 5.73 Å². The Labute approximate surface area is 182 Å². The number of rotatable bonds is 6. The Morgan fingerprint density at radius 2 is 1.97 bits per heavy atom. The lowest BCUT2D eigenvalue weighted by molar-refractivity contribution is 0.154. The fourth-order valence-electron chi connectivity index (χ4n) is 4.62. The molecule has 5 N–H and O–H groups in total. The van der Waals surface area contributed by atoms with Crippen LogP contribution in [0.2, 0.25) is 0 Å². The van der Waals surface area contributed by atoms with Gasteiger partial charge in [-0.05, 0) is 60.2 Å². The fourth-order valence-corrected chi connectivity index (χ4v) is 4.62. The number of H-pyrrole nitrogens is 1. The number of anilines is 1. The van der Waals surface area contributed by atoms with Crippen molar-refractivity contribution in [1.29, 1.82) is 0 Å². The molecule has 2 aromatic carbocycles. The van der Waals surface area contributed by atoms with E-state index in [4.69, 9.17) is 21.4 Å². The van der Waals surface area contributed by atoms with E-state index in [9.17, 15) is 0 Å². The van der Waals surface area contributed by atoms with Crippen molar-refractivity contribution in [3.8, 4) is 0 Å². The summed E-state index contributed by atoms with van der Waals surface area (Å²) in [5.74, 6) is 0.960. The Bertz CT molecular complexity index is 1160. The van der Waals surface area contributed by atoms with E-state index < -0.39 is 0 Å². The van der Waals surface area contributed by atoms with Crippen LogP contribution in [0.5, 0.6) is 0 Å². The third kappa shape index (κ3) is 4.04. The zero-order chi connectivity index (χ0) is 21.2. The minimum absolute atomic E-state index is 0.228. The van der Waals surface area contributed by atoms with Crippen LogP contribution in [-0.2, 0) is 26.1 Å².